The molecule has 3 N–H and O–H groups in total. The van der Waals surface area contributed by atoms with Crippen LogP contribution in [0.25, 0.3) is 0 Å². The number of carbonyl (C=O) groups excluding carboxylic acids is 1. The van der Waals surface area contributed by atoms with Gasteiger partial charge in [0, 0.05) is 32.2 Å². The fraction of sp³-hybridized carbons (Fsp3) is 0.923. The molecule has 122 valence electrons. The van der Waals surface area contributed by atoms with E-state index in [4.69, 9.17) is 5.73 Å². The molecular formula is C13H26N4O3S. The van der Waals surface area contributed by atoms with Crippen LogP contribution in [0.3, 0.4) is 0 Å². The highest BCUT2D eigenvalue weighted by molar-refractivity contribution is 7.88. The van der Waals surface area contributed by atoms with Gasteiger partial charge in [0.2, 0.25) is 15.9 Å². The maximum atomic E-state index is 11.8. The Kier molecular flexibility index (Phi) is 4.92. The average Bonchev–Trinajstić information content (AvgIpc) is 2.84. The molecule has 1 saturated heterocycles. The zero-order valence-electron chi connectivity index (χ0n) is 12.8. The van der Waals surface area contributed by atoms with Gasteiger partial charge in [-0.15, -0.1) is 0 Å². The van der Waals surface area contributed by atoms with E-state index in [-0.39, 0.29) is 5.91 Å². The second kappa shape index (κ2) is 6.20. The molecule has 0 spiro atoms. The highest BCUT2D eigenvalue weighted by Gasteiger charge is 2.45. The summed E-state index contributed by atoms with van der Waals surface area (Å²) in [5.74, 6) is -0.276. The van der Waals surface area contributed by atoms with Crippen LogP contribution in [0.2, 0.25) is 0 Å². The van der Waals surface area contributed by atoms with Crippen molar-refractivity contribution in [3.05, 3.63) is 0 Å². The lowest BCUT2D eigenvalue weighted by Crippen LogP contribution is -2.56. The maximum absolute atomic E-state index is 11.8. The predicted molar refractivity (Wildman–Crippen MR) is 81.2 cm³/mol. The highest BCUT2D eigenvalue weighted by atomic mass is 32.2. The van der Waals surface area contributed by atoms with Gasteiger partial charge in [0.1, 0.15) is 0 Å². The van der Waals surface area contributed by atoms with Crippen molar-refractivity contribution >= 4 is 15.9 Å². The minimum atomic E-state index is -3.10. The van der Waals surface area contributed by atoms with Crippen molar-refractivity contribution in [1.82, 2.24) is 14.5 Å². The molecule has 2 aliphatic rings. The molecule has 8 heteroatoms. The van der Waals surface area contributed by atoms with E-state index >= 15 is 0 Å². The first-order valence-electron chi connectivity index (χ1n) is 7.52. The number of nitrogens with two attached hydrogens (primary N) is 1. The lowest BCUT2D eigenvalue weighted by Gasteiger charge is -2.37. The molecule has 1 aliphatic carbocycles. The van der Waals surface area contributed by atoms with Crippen LogP contribution in [0, 0.1) is 0 Å². The van der Waals surface area contributed by atoms with E-state index in [9.17, 15) is 13.2 Å². The second-order valence-electron chi connectivity index (χ2n) is 6.07. The normalized spacial score (nSPS) is 32.4. The topological polar surface area (TPSA) is 95.7 Å². The molecule has 1 heterocycles. The number of likely N-dealkylation sites (N-methyl/N-ethyl adjacent to an activating group) is 1. The second-order valence-corrected chi connectivity index (χ2v) is 8.05. The van der Waals surface area contributed by atoms with E-state index in [1.165, 1.54) is 10.6 Å². The third-order valence-electron chi connectivity index (χ3n) is 4.73. The Morgan fingerprint density at radius 2 is 1.95 bits per heavy atom. The van der Waals surface area contributed by atoms with Gasteiger partial charge in [-0.3, -0.25) is 9.69 Å². The number of nitrogens with one attached hydrogen (secondary N) is 1. The fourth-order valence-corrected chi connectivity index (χ4v) is 4.37. The summed E-state index contributed by atoms with van der Waals surface area (Å²) in [6.07, 6.45) is 3.65. The van der Waals surface area contributed by atoms with E-state index in [0.29, 0.717) is 19.1 Å². The molecule has 0 aromatic heterocycles. The van der Waals surface area contributed by atoms with Gasteiger partial charge in [0.05, 0.1) is 11.8 Å². The Hall–Kier alpha value is -0.700. The highest BCUT2D eigenvalue weighted by Crippen LogP contribution is 2.33. The maximum Gasteiger partial charge on any atom is 0.237 e. The first-order chi connectivity index (χ1) is 9.78. The molecule has 2 rings (SSSR count). The van der Waals surface area contributed by atoms with Crippen molar-refractivity contribution in [1.29, 1.82) is 0 Å². The van der Waals surface area contributed by atoms with Crippen molar-refractivity contribution in [3.63, 3.8) is 0 Å². The van der Waals surface area contributed by atoms with E-state index in [1.807, 2.05) is 6.92 Å². The number of primary amides is 1. The van der Waals surface area contributed by atoms with Gasteiger partial charge in [0.25, 0.3) is 0 Å². The smallest absolute Gasteiger partial charge is 0.237 e. The molecule has 2 atom stereocenters. The number of carbonyl (C=O) groups is 1. The molecule has 1 amide bonds. The molecule has 1 saturated carbocycles. The average molecular weight is 318 g/mol. The van der Waals surface area contributed by atoms with Crippen molar-refractivity contribution in [2.45, 2.75) is 37.8 Å². The minimum absolute atomic E-state index is 0.276. The standard InChI is InChI=1S/C13H26N4O3S/c1-3-15-13(12(14)18)5-4-11(10-13)16-6-8-17(9-7-16)21(2,19)20/h11,15H,3-10H2,1-2H3,(H2,14,18). The number of hydrogen-bond donors (Lipinski definition) is 2. The van der Waals surface area contributed by atoms with Crippen LogP contribution >= 0.6 is 0 Å². The summed E-state index contributed by atoms with van der Waals surface area (Å²) in [6, 6.07) is 0.304. The number of nitrogens with zero attached hydrogens (tertiary/aromatic N) is 2. The predicted octanol–water partition coefficient (Wildman–Crippen LogP) is -1.05. The SMILES string of the molecule is CCNC1(C(N)=O)CCC(N2CCN(S(C)(=O)=O)CC2)C1. The quantitative estimate of drug-likeness (QED) is 0.674. The van der Waals surface area contributed by atoms with E-state index in [2.05, 4.69) is 10.2 Å². The fourth-order valence-electron chi connectivity index (χ4n) is 3.54. The van der Waals surface area contributed by atoms with Crippen molar-refractivity contribution in [3.8, 4) is 0 Å². The first-order valence-corrected chi connectivity index (χ1v) is 9.37. The van der Waals surface area contributed by atoms with Gasteiger partial charge in [-0.25, -0.2) is 8.42 Å². The summed E-state index contributed by atoms with van der Waals surface area (Å²) >= 11 is 0. The summed E-state index contributed by atoms with van der Waals surface area (Å²) in [6.45, 7) is 5.19. The van der Waals surface area contributed by atoms with Crippen molar-refractivity contribution < 1.29 is 13.2 Å². The van der Waals surface area contributed by atoms with Crippen LogP contribution in [-0.2, 0) is 14.8 Å². The summed E-state index contributed by atoms with van der Waals surface area (Å²) in [4.78, 5) is 14.1. The molecule has 21 heavy (non-hydrogen) atoms. The number of piperazine rings is 1. The zero-order chi connectivity index (χ0) is 15.7. The molecule has 0 aromatic rings. The van der Waals surface area contributed by atoms with Gasteiger partial charge >= 0.3 is 0 Å². The molecule has 0 radical (unpaired) electrons. The Labute approximate surface area is 126 Å². The van der Waals surface area contributed by atoms with Gasteiger partial charge in [-0.05, 0) is 25.8 Å². The Bertz CT molecular complexity index is 488. The molecule has 0 aromatic carbocycles. The van der Waals surface area contributed by atoms with Crippen LogP contribution in [0.1, 0.15) is 26.2 Å². The Morgan fingerprint density at radius 1 is 1.33 bits per heavy atom. The molecule has 0 bridgehead atoms. The molecule has 7 nitrogen and oxygen atoms in total. The van der Waals surface area contributed by atoms with Gasteiger partial charge in [-0.1, -0.05) is 6.92 Å². The third-order valence-corrected chi connectivity index (χ3v) is 6.04. The van der Waals surface area contributed by atoms with Crippen LogP contribution in [0.15, 0.2) is 0 Å². The number of sulfonamides is 1. The summed E-state index contributed by atoms with van der Waals surface area (Å²) < 4.78 is 24.6. The van der Waals surface area contributed by atoms with Gasteiger partial charge in [0.15, 0.2) is 0 Å². The summed E-state index contributed by atoms with van der Waals surface area (Å²) in [7, 11) is -3.10. The van der Waals surface area contributed by atoms with Crippen molar-refractivity contribution in [2.75, 3.05) is 39.0 Å². The monoisotopic (exact) mass is 318 g/mol. The van der Waals surface area contributed by atoms with Crippen LogP contribution in [0.5, 0.6) is 0 Å². The van der Waals surface area contributed by atoms with E-state index < -0.39 is 15.6 Å². The number of rotatable bonds is 5. The zero-order valence-corrected chi connectivity index (χ0v) is 13.7. The van der Waals surface area contributed by atoms with E-state index in [0.717, 1.165) is 38.9 Å². The molecule has 2 fully saturated rings. The van der Waals surface area contributed by atoms with Gasteiger partial charge in [-0.2, -0.15) is 4.31 Å². The van der Waals surface area contributed by atoms with Crippen LogP contribution < -0.4 is 11.1 Å². The molecular weight excluding hydrogens is 292 g/mol. The van der Waals surface area contributed by atoms with Crippen LogP contribution in [0.4, 0.5) is 0 Å². The summed E-state index contributed by atoms with van der Waals surface area (Å²) in [5, 5.41) is 3.25. The lowest BCUT2D eigenvalue weighted by atomic mass is 9.96. The van der Waals surface area contributed by atoms with Gasteiger partial charge < -0.3 is 11.1 Å². The van der Waals surface area contributed by atoms with Crippen LogP contribution in [-0.4, -0.2) is 74.1 Å². The number of hydrogen-bond acceptors (Lipinski definition) is 5. The Balaban J connectivity index is 1.95. The van der Waals surface area contributed by atoms with Crippen molar-refractivity contribution in [2.24, 2.45) is 5.73 Å². The first kappa shape index (κ1) is 16.7. The summed E-state index contributed by atoms with van der Waals surface area (Å²) in [5.41, 5.74) is 4.99. The minimum Gasteiger partial charge on any atom is -0.368 e. The lowest BCUT2D eigenvalue weighted by molar-refractivity contribution is -0.124. The molecule has 2 unspecified atom stereocenters. The Morgan fingerprint density at radius 3 is 2.43 bits per heavy atom. The largest absolute Gasteiger partial charge is 0.368 e. The van der Waals surface area contributed by atoms with E-state index in [1.54, 1.807) is 0 Å². The molecule has 1 aliphatic heterocycles. The number of amides is 1. The third kappa shape index (κ3) is 3.56.